The van der Waals surface area contributed by atoms with E-state index in [0.717, 1.165) is 6.20 Å². The van der Waals surface area contributed by atoms with Crippen molar-refractivity contribution in [2.75, 3.05) is 18.5 Å². The number of nitrogens with one attached hydrogen (secondary N) is 2. The molecule has 168 valence electrons. The molecule has 1 heterocycles. The molecule has 7 nitrogen and oxygen atoms in total. The number of nitrogens with zero attached hydrogens (tertiary/aromatic N) is 2. The summed E-state index contributed by atoms with van der Waals surface area (Å²) in [5, 5.41) is 8.94. The number of rotatable bonds is 7. The predicted octanol–water partition coefficient (Wildman–Crippen LogP) is 4.31. The van der Waals surface area contributed by atoms with E-state index >= 15 is 0 Å². The first kappa shape index (κ1) is 23.1. The second kappa shape index (κ2) is 9.73. The lowest BCUT2D eigenvalue weighted by Crippen LogP contribution is -2.28. The highest BCUT2D eigenvalue weighted by Gasteiger charge is 2.40. The Morgan fingerprint density at radius 3 is 2.59 bits per heavy atom. The van der Waals surface area contributed by atoms with Crippen molar-refractivity contribution in [2.24, 2.45) is 0 Å². The van der Waals surface area contributed by atoms with Gasteiger partial charge in [-0.05, 0) is 37.3 Å². The van der Waals surface area contributed by atoms with Crippen LogP contribution in [0.25, 0.3) is 5.69 Å². The van der Waals surface area contributed by atoms with E-state index in [1.54, 1.807) is 13.0 Å². The molecule has 3 rings (SSSR count). The van der Waals surface area contributed by atoms with Crippen molar-refractivity contribution in [3.05, 3.63) is 71.0 Å². The molecule has 2 aromatic carbocycles. The van der Waals surface area contributed by atoms with Crippen LogP contribution in [0.4, 0.5) is 18.9 Å². The minimum absolute atomic E-state index is 0.0598. The molecule has 0 radical (unpaired) electrons. The molecule has 0 spiro atoms. The fourth-order valence-electron chi connectivity index (χ4n) is 2.85. The molecule has 0 fully saturated rings. The molecule has 0 bridgehead atoms. The number of carbonyl (C=O) groups excluding carboxylic acids is 2. The Morgan fingerprint density at radius 2 is 1.91 bits per heavy atom. The number of benzene rings is 2. The smallest absolute Gasteiger partial charge is 0.434 e. The Kier molecular flexibility index (Phi) is 7.04. The summed E-state index contributed by atoms with van der Waals surface area (Å²) in [6.45, 7) is 1.97. The first-order valence-corrected chi connectivity index (χ1v) is 9.79. The predicted molar refractivity (Wildman–Crippen MR) is 112 cm³/mol. The first-order chi connectivity index (χ1) is 15.2. The summed E-state index contributed by atoms with van der Waals surface area (Å²) in [6, 6.07) is 11.6. The van der Waals surface area contributed by atoms with E-state index in [1.165, 1.54) is 42.5 Å². The third-order valence-corrected chi connectivity index (χ3v) is 4.41. The van der Waals surface area contributed by atoms with Crippen LogP contribution >= 0.6 is 11.6 Å². The molecule has 11 heteroatoms. The minimum Gasteiger partial charge on any atom is -0.484 e. The highest BCUT2D eigenvalue weighted by atomic mass is 35.5. The molecule has 3 aromatic rings. The lowest BCUT2D eigenvalue weighted by Gasteiger charge is -2.13. The van der Waals surface area contributed by atoms with E-state index in [0.29, 0.717) is 11.2 Å². The molecule has 0 aliphatic rings. The Hall–Kier alpha value is -3.53. The van der Waals surface area contributed by atoms with Crippen molar-refractivity contribution in [1.82, 2.24) is 15.1 Å². The van der Waals surface area contributed by atoms with Gasteiger partial charge in [-0.3, -0.25) is 9.59 Å². The average Bonchev–Trinajstić information content (AvgIpc) is 3.19. The molecule has 2 N–H and O–H groups in total. The summed E-state index contributed by atoms with van der Waals surface area (Å²) < 4.78 is 47.3. The van der Waals surface area contributed by atoms with Crippen LogP contribution in [0.3, 0.4) is 0 Å². The fourth-order valence-corrected chi connectivity index (χ4v) is 3.03. The van der Waals surface area contributed by atoms with Gasteiger partial charge in [0.15, 0.2) is 12.3 Å². The standard InChI is InChI=1S/C21H18ClF3N4O3/c1-2-26-18(30)12-32-16-8-4-6-14(10-16)28-20(31)17-11-27-29(19(17)21(23,24)25)15-7-3-5-13(22)9-15/h3-11H,2,12H2,1H3,(H,26,30)(H,28,31). The maximum Gasteiger partial charge on any atom is 0.434 e. The molecule has 0 aliphatic carbocycles. The number of aromatic nitrogens is 2. The van der Waals surface area contributed by atoms with Crippen molar-refractivity contribution in [3.8, 4) is 11.4 Å². The van der Waals surface area contributed by atoms with Gasteiger partial charge in [0.1, 0.15) is 5.75 Å². The quantitative estimate of drug-likeness (QED) is 0.543. The zero-order valence-corrected chi connectivity index (χ0v) is 17.5. The first-order valence-electron chi connectivity index (χ1n) is 9.41. The van der Waals surface area contributed by atoms with Crippen molar-refractivity contribution >= 4 is 29.1 Å². The highest BCUT2D eigenvalue weighted by molar-refractivity contribution is 6.30. The molecule has 1 aromatic heterocycles. The summed E-state index contributed by atoms with van der Waals surface area (Å²) in [5.74, 6) is -1.07. The van der Waals surface area contributed by atoms with E-state index in [2.05, 4.69) is 15.7 Å². The van der Waals surface area contributed by atoms with Crippen LogP contribution in [0.2, 0.25) is 5.02 Å². The molecular weight excluding hydrogens is 449 g/mol. The summed E-state index contributed by atoms with van der Waals surface area (Å²) in [6.07, 6.45) is -4.02. The third kappa shape index (κ3) is 5.58. The maximum absolute atomic E-state index is 13.8. The molecule has 2 amide bonds. The number of amides is 2. The van der Waals surface area contributed by atoms with Gasteiger partial charge in [-0.25, -0.2) is 4.68 Å². The van der Waals surface area contributed by atoms with Crippen LogP contribution in [0.5, 0.6) is 5.75 Å². The number of likely N-dealkylation sites (N-methyl/N-ethyl adjacent to an activating group) is 1. The SMILES string of the molecule is CCNC(=O)COc1cccc(NC(=O)c2cnn(-c3cccc(Cl)c3)c2C(F)(F)F)c1. The van der Waals surface area contributed by atoms with Crippen LogP contribution in [-0.2, 0) is 11.0 Å². The van der Waals surface area contributed by atoms with E-state index in [1.807, 2.05) is 0 Å². The summed E-state index contributed by atoms with van der Waals surface area (Å²) in [7, 11) is 0. The summed E-state index contributed by atoms with van der Waals surface area (Å²) in [5.41, 5.74) is -1.65. The van der Waals surface area contributed by atoms with Crippen molar-refractivity contribution in [3.63, 3.8) is 0 Å². The summed E-state index contributed by atoms with van der Waals surface area (Å²) >= 11 is 5.88. The topological polar surface area (TPSA) is 85.2 Å². The van der Waals surface area contributed by atoms with Gasteiger partial charge in [0.2, 0.25) is 0 Å². The lowest BCUT2D eigenvalue weighted by molar-refractivity contribution is -0.143. The van der Waals surface area contributed by atoms with E-state index in [4.69, 9.17) is 16.3 Å². The van der Waals surface area contributed by atoms with Gasteiger partial charge in [-0.2, -0.15) is 18.3 Å². The van der Waals surface area contributed by atoms with Crippen LogP contribution in [0.1, 0.15) is 23.0 Å². The van der Waals surface area contributed by atoms with Gasteiger partial charge < -0.3 is 15.4 Å². The third-order valence-electron chi connectivity index (χ3n) is 4.17. The normalized spacial score (nSPS) is 11.2. The Morgan fingerprint density at radius 1 is 1.16 bits per heavy atom. The van der Waals surface area contributed by atoms with Crippen LogP contribution < -0.4 is 15.4 Å². The molecule has 0 saturated heterocycles. The van der Waals surface area contributed by atoms with Crippen molar-refractivity contribution < 1.29 is 27.5 Å². The Balaban J connectivity index is 1.84. The molecule has 0 aliphatic heterocycles. The molecule has 0 atom stereocenters. The Labute approximate surface area is 186 Å². The van der Waals surface area contributed by atoms with Crippen LogP contribution in [0.15, 0.2) is 54.7 Å². The molecular formula is C21H18ClF3N4O3. The van der Waals surface area contributed by atoms with Crippen molar-refractivity contribution in [2.45, 2.75) is 13.1 Å². The lowest BCUT2D eigenvalue weighted by atomic mass is 10.2. The van der Waals surface area contributed by atoms with Crippen LogP contribution in [0, 0.1) is 0 Å². The maximum atomic E-state index is 13.8. The zero-order chi connectivity index (χ0) is 23.3. The van der Waals surface area contributed by atoms with Gasteiger partial charge in [-0.15, -0.1) is 0 Å². The number of ether oxygens (including phenoxy) is 1. The van der Waals surface area contributed by atoms with Gasteiger partial charge >= 0.3 is 6.18 Å². The van der Waals surface area contributed by atoms with Gasteiger partial charge in [0, 0.05) is 23.3 Å². The van der Waals surface area contributed by atoms with E-state index < -0.39 is 23.3 Å². The Bertz CT molecular complexity index is 1130. The van der Waals surface area contributed by atoms with E-state index in [9.17, 15) is 22.8 Å². The molecule has 0 unspecified atom stereocenters. The number of carbonyl (C=O) groups is 2. The van der Waals surface area contributed by atoms with Crippen molar-refractivity contribution in [1.29, 1.82) is 0 Å². The van der Waals surface area contributed by atoms with Gasteiger partial charge in [-0.1, -0.05) is 23.7 Å². The van der Waals surface area contributed by atoms with E-state index in [-0.39, 0.29) is 34.7 Å². The van der Waals surface area contributed by atoms with Crippen LogP contribution in [-0.4, -0.2) is 34.7 Å². The second-order valence-electron chi connectivity index (χ2n) is 6.52. The number of hydrogen-bond acceptors (Lipinski definition) is 4. The minimum atomic E-state index is -4.86. The monoisotopic (exact) mass is 466 g/mol. The summed E-state index contributed by atoms with van der Waals surface area (Å²) in [4.78, 5) is 24.2. The zero-order valence-electron chi connectivity index (χ0n) is 16.7. The number of alkyl halides is 3. The number of halogens is 4. The highest BCUT2D eigenvalue weighted by Crippen LogP contribution is 2.34. The number of anilines is 1. The van der Waals surface area contributed by atoms with Gasteiger partial charge in [0.25, 0.3) is 11.8 Å². The van der Waals surface area contributed by atoms with Gasteiger partial charge in [0.05, 0.1) is 17.4 Å². The number of hydrogen-bond donors (Lipinski definition) is 2. The fraction of sp³-hybridized carbons (Fsp3) is 0.190. The average molecular weight is 467 g/mol. The molecule has 32 heavy (non-hydrogen) atoms. The second-order valence-corrected chi connectivity index (χ2v) is 6.96. The largest absolute Gasteiger partial charge is 0.484 e. The molecule has 0 saturated carbocycles.